The molecule has 2 aromatic rings. The Labute approximate surface area is 145 Å². The van der Waals surface area contributed by atoms with E-state index in [0.29, 0.717) is 28.4 Å². The van der Waals surface area contributed by atoms with Gasteiger partial charge in [-0.25, -0.2) is 9.79 Å². The zero-order chi connectivity index (χ0) is 17.8. The number of esters is 1. The van der Waals surface area contributed by atoms with Crippen molar-refractivity contribution in [3.05, 3.63) is 59.3 Å². The first kappa shape index (κ1) is 16.6. The Bertz CT molecular complexity index is 870. The molecule has 0 N–H and O–H groups in total. The molecule has 128 valence electrons. The predicted octanol–water partition coefficient (Wildman–Crippen LogP) is 3.06. The van der Waals surface area contributed by atoms with Gasteiger partial charge in [0.2, 0.25) is 5.90 Å². The van der Waals surface area contributed by atoms with Gasteiger partial charge in [-0.3, -0.25) is 0 Å². The van der Waals surface area contributed by atoms with E-state index >= 15 is 0 Å². The van der Waals surface area contributed by atoms with Crippen LogP contribution >= 0.6 is 0 Å². The van der Waals surface area contributed by atoms with Gasteiger partial charge >= 0.3 is 5.97 Å². The standard InChI is InChI=1S/C19H17NO5/c1-22-13-8-9-16(23-2)12(10-13)11-15-19(21)25-18(20-15)14-6-4-5-7-17(14)24-3/h4-11H,1-3H3/b15-11-. The third kappa shape index (κ3) is 3.33. The van der Waals surface area contributed by atoms with Gasteiger partial charge in [-0.15, -0.1) is 0 Å². The van der Waals surface area contributed by atoms with E-state index in [9.17, 15) is 4.79 Å². The van der Waals surface area contributed by atoms with Crippen LogP contribution in [0.4, 0.5) is 0 Å². The van der Waals surface area contributed by atoms with E-state index in [1.165, 1.54) is 0 Å². The van der Waals surface area contributed by atoms with Crippen LogP contribution in [0.5, 0.6) is 17.2 Å². The fourth-order valence-electron chi connectivity index (χ4n) is 2.45. The second kappa shape index (κ2) is 7.09. The lowest BCUT2D eigenvalue weighted by Gasteiger charge is -2.07. The number of hydrogen-bond acceptors (Lipinski definition) is 6. The molecule has 1 heterocycles. The molecule has 6 heteroatoms. The Hall–Kier alpha value is -3.28. The zero-order valence-corrected chi connectivity index (χ0v) is 14.1. The Kier molecular flexibility index (Phi) is 4.70. The van der Waals surface area contributed by atoms with Gasteiger partial charge in [-0.2, -0.15) is 0 Å². The van der Waals surface area contributed by atoms with Crippen LogP contribution in [-0.4, -0.2) is 33.2 Å². The summed E-state index contributed by atoms with van der Waals surface area (Å²) in [5.41, 5.74) is 1.45. The summed E-state index contributed by atoms with van der Waals surface area (Å²) in [7, 11) is 4.68. The Balaban J connectivity index is 2.02. The molecular formula is C19H17NO5. The van der Waals surface area contributed by atoms with E-state index in [4.69, 9.17) is 18.9 Å². The summed E-state index contributed by atoms with van der Waals surface area (Å²) in [5.74, 6) is 1.49. The molecule has 0 spiro atoms. The Morgan fingerprint density at radius 1 is 0.960 bits per heavy atom. The zero-order valence-electron chi connectivity index (χ0n) is 14.1. The molecule has 1 aliphatic heterocycles. The van der Waals surface area contributed by atoms with E-state index in [-0.39, 0.29) is 11.6 Å². The minimum Gasteiger partial charge on any atom is -0.497 e. The highest BCUT2D eigenvalue weighted by molar-refractivity contribution is 6.13. The molecule has 0 aliphatic carbocycles. The summed E-state index contributed by atoms with van der Waals surface area (Å²) < 4.78 is 21.1. The number of benzene rings is 2. The maximum absolute atomic E-state index is 12.2. The van der Waals surface area contributed by atoms with Crippen molar-refractivity contribution >= 4 is 17.9 Å². The van der Waals surface area contributed by atoms with Crippen LogP contribution in [0.2, 0.25) is 0 Å². The molecule has 25 heavy (non-hydrogen) atoms. The summed E-state index contributed by atoms with van der Waals surface area (Å²) >= 11 is 0. The second-order valence-electron chi connectivity index (χ2n) is 5.14. The number of para-hydroxylation sites is 1. The lowest BCUT2D eigenvalue weighted by Crippen LogP contribution is -2.06. The van der Waals surface area contributed by atoms with Crippen LogP contribution in [0.15, 0.2) is 53.2 Å². The van der Waals surface area contributed by atoms with Crippen LogP contribution in [0, 0.1) is 0 Å². The van der Waals surface area contributed by atoms with Gasteiger partial charge < -0.3 is 18.9 Å². The first-order valence-electron chi connectivity index (χ1n) is 7.54. The molecule has 2 aromatic carbocycles. The molecule has 0 bridgehead atoms. The van der Waals surface area contributed by atoms with Crippen LogP contribution in [-0.2, 0) is 9.53 Å². The van der Waals surface area contributed by atoms with Gasteiger partial charge in [-0.1, -0.05) is 12.1 Å². The van der Waals surface area contributed by atoms with Crippen LogP contribution < -0.4 is 14.2 Å². The number of rotatable bonds is 5. The molecule has 0 atom stereocenters. The van der Waals surface area contributed by atoms with Crippen LogP contribution in [0.25, 0.3) is 6.08 Å². The van der Waals surface area contributed by atoms with Crippen LogP contribution in [0.3, 0.4) is 0 Å². The van der Waals surface area contributed by atoms with Crippen molar-refractivity contribution in [1.82, 2.24) is 0 Å². The second-order valence-corrected chi connectivity index (χ2v) is 5.14. The van der Waals surface area contributed by atoms with Crippen molar-refractivity contribution < 1.29 is 23.7 Å². The summed E-state index contributed by atoms with van der Waals surface area (Å²) in [6.07, 6.45) is 1.60. The number of carbonyl (C=O) groups is 1. The maximum atomic E-state index is 12.2. The van der Waals surface area contributed by atoms with Crippen molar-refractivity contribution in [1.29, 1.82) is 0 Å². The van der Waals surface area contributed by atoms with Gasteiger partial charge in [0.05, 0.1) is 26.9 Å². The number of cyclic esters (lactones) is 1. The summed E-state index contributed by atoms with van der Waals surface area (Å²) in [5, 5.41) is 0. The summed E-state index contributed by atoms with van der Waals surface area (Å²) in [6, 6.07) is 12.5. The van der Waals surface area contributed by atoms with Gasteiger partial charge in [0.25, 0.3) is 0 Å². The fourth-order valence-corrected chi connectivity index (χ4v) is 2.45. The largest absolute Gasteiger partial charge is 0.497 e. The SMILES string of the molecule is COc1ccc(OC)c(/C=C2\N=C(c3ccccc3OC)OC2=O)c1. The van der Waals surface area contributed by atoms with Gasteiger partial charge in [0.1, 0.15) is 17.2 Å². The van der Waals surface area contributed by atoms with Gasteiger partial charge in [0.15, 0.2) is 5.70 Å². The lowest BCUT2D eigenvalue weighted by molar-refractivity contribution is -0.129. The van der Waals surface area contributed by atoms with Crippen molar-refractivity contribution in [3.8, 4) is 17.2 Å². The molecule has 0 saturated heterocycles. The monoisotopic (exact) mass is 339 g/mol. The van der Waals surface area contributed by atoms with Crippen molar-refractivity contribution in [2.45, 2.75) is 0 Å². The first-order valence-corrected chi connectivity index (χ1v) is 7.54. The highest BCUT2D eigenvalue weighted by Crippen LogP contribution is 2.29. The molecule has 1 aliphatic rings. The molecule has 6 nitrogen and oxygen atoms in total. The fraction of sp³-hybridized carbons (Fsp3) is 0.158. The van der Waals surface area contributed by atoms with E-state index < -0.39 is 5.97 Å². The van der Waals surface area contributed by atoms with E-state index in [1.54, 1.807) is 57.7 Å². The van der Waals surface area contributed by atoms with Crippen molar-refractivity contribution in [2.75, 3.05) is 21.3 Å². The number of hydrogen-bond donors (Lipinski definition) is 0. The molecular weight excluding hydrogens is 322 g/mol. The minimum absolute atomic E-state index is 0.174. The quantitative estimate of drug-likeness (QED) is 0.619. The lowest BCUT2D eigenvalue weighted by atomic mass is 10.1. The number of aliphatic imine (C=N–C) groups is 1. The number of ether oxygens (including phenoxy) is 4. The van der Waals surface area contributed by atoms with E-state index in [1.807, 2.05) is 12.1 Å². The number of nitrogens with zero attached hydrogens (tertiary/aromatic N) is 1. The van der Waals surface area contributed by atoms with Crippen LogP contribution in [0.1, 0.15) is 11.1 Å². The maximum Gasteiger partial charge on any atom is 0.363 e. The van der Waals surface area contributed by atoms with Gasteiger partial charge in [-0.05, 0) is 36.4 Å². The molecule has 0 amide bonds. The number of carbonyl (C=O) groups excluding carboxylic acids is 1. The van der Waals surface area contributed by atoms with Crippen molar-refractivity contribution in [2.24, 2.45) is 4.99 Å². The average Bonchev–Trinajstić information content (AvgIpc) is 3.02. The minimum atomic E-state index is -0.536. The summed E-state index contributed by atoms with van der Waals surface area (Å²) in [6.45, 7) is 0. The molecule has 0 radical (unpaired) electrons. The molecule has 0 fully saturated rings. The molecule has 0 unspecified atom stereocenters. The Morgan fingerprint density at radius 3 is 2.44 bits per heavy atom. The third-order valence-electron chi connectivity index (χ3n) is 3.69. The summed E-state index contributed by atoms with van der Waals surface area (Å²) in [4.78, 5) is 16.5. The normalized spacial score (nSPS) is 14.9. The van der Waals surface area contributed by atoms with Crippen molar-refractivity contribution in [3.63, 3.8) is 0 Å². The third-order valence-corrected chi connectivity index (χ3v) is 3.69. The molecule has 0 saturated carbocycles. The highest BCUT2D eigenvalue weighted by atomic mass is 16.6. The first-order chi connectivity index (χ1) is 12.2. The smallest absolute Gasteiger partial charge is 0.363 e. The van der Waals surface area contributed by atoms with Gasteiger partial charge in [0, 0.05) is 5.56 Å². The molecule has 3 rings (SSSR count). The Morgan fingerprint density at radius 2 is 1.72 bits per heavy atom. The average molecular weight is 339 g/mol. The topological polar surface area (TPSA) is 66.3 Å². The van der Waals surface area contributed by atoms with E-state index in [0.717, 1.165) is 0 Å². The molecule has 0 aromatic heterocycles. The van der Waals surface area contributed by atoms with E-state index in [2.05, 4.69) is 4.99 Å². The highest BCUT2D eigenvalue weighted by Gasteiger charge is 2.26. The number of methoxy groups -OCH3 is 3. The predicted molar refractivity (Wildman–Crippen MR) is 93.1 cm³/mol.